The number of aryl methyl sites for hydroxylation is 1. The van der Waals surface area contributed by atoms with Crippen LogP contribution in [-0.2, 0) is 38.6 Å². The van der Waals surface area contributed by atoms with Crippen LogP contribution in [0, 0.1) is 11.8 Å². The summed E-state index contributed by atoms with van der Waals surface area (Å²) in [5.74, 6) is -2.42. The molecule has 5 N–H and O–H groups in total. The highest BCUT2D eigenvalue weighted by Crippen LogP contribution is 2.57. The summed E-state index contributed by atoms with van der Waals surface area (Å²) in [5.41, 5.74) is -0.177. The number of hydrogen-bond acceptors (Lipinski definition) is 12. The molecule has 0 spiro atoms. The van der Waals surface area contributed by atoms with Crippen LogP contribution in [0.4, 0.5) is 30.8 Å². The zero-order chi connectivity index (χ0) is 43.3. The van der Waals surface area contributed by atoms with Gasteiger partial charge in [0, 0.05) is 35.9 Å². The predicted molar refractivity (Wildman–Crippen MR) is 214 cm³/mol. The van der Waals surface area contributed by atoms with Crippen molar-refractivity contribution < 1.29 is 40.7 Å². The number of carbonyl (C=O) groups is 3. The van der Waals surface area contributed by atoms with E-state index in [-0.39, 0.29) is 42.1 Å². The number of nitrogens with one attached hydrogen (secondary N) is 5. The van der Waals surface area contributed by atoms with Gasteiger partial charge in [-0.05, 0) is 107 Å². The van der Waals surface area contributed by atoms with Crippen molar-refractivity contribution in [3.8, 4) is 6.01 Å². The van der Waals surface area contributed by atoms with Gasteiger partial charge in [0.2, 0.25) is 27.8 Å². The summed E-state index contributed by atoms with van der Waals surface area (Å²) < 4.78 is 72.5. The van der Waals surface area contributed by atoms with E-state index in [0.29, 0.717) is 29.2 Å². The minimum absolute atomic E-state index is 0.0323. The fourth-order valence-corrected chi connectivity index (χ4v) is 7.69. The smallest absolute Gasteiger partial charge is 0.422 e. The maximum atomic E-state index is 14.0. The van der Waals surface area contributed by atoms with Crippen molar-refractivity contribution in [2.75, 3.05) is 17.2 Å². The number of imidazole rings is 1. The number of benzene rings is 2. The van der Waals surface area contributed by atoms with E-state index in [1.165, 1.54) is 51.4 Å². The van der Waals surface area contributed by atoms with Crippen molar-refractivity contribution in [3.63, 3.8) is 0 Å². The Hall–Kier alpha value is -5.50. The molecule has 4 aromatic rings. The zero-order valence-corrected chi connectivity index (χ0v) is 34.6. The monoisotopic (exact) mass is 872 g/mol. The maximum absolute atomic E-state index is 14.0. The highest BCUT2D eigenvalue weighted by molar-refractivity contribution is 7.91. The largest absolute Gasteiger partial charge is 0.454 e. The molecule has 320 valence electrons. The lowest BCUT2D eigenvalue weighted by atomic mass is 10.1. The topological polar surface area (TPSA) is 211 Å². The third-order valence-electron chi connectivity index (χ3n) is 10.7. The Labute approximate surface area is 348 Å². The van der Waals surface area contributed by atoms with E-state index >= 15 is 0 Å². The van der Waals surface area contributed by atoms with Gasteiger partial charge in [-0.3, -0.25) is 19.1 Å². The van der Waals surface area contributed by atoms with Gasteiger partial charge >= 0.3 is 12.2 Å². The molecule has 21 heteroatoms. The maximum Gasteiger partial charge on any atom is 0.422 e. The minimum atomic E-state index is -4.65. The third kappa shape index (κ3) is 9.92. The second kappa shape index (κ2) is 15.8. The molecule has 16 nitrogen and oxygen atoms in total. The Balaban J connectivity index is 1.07. The molecule has 3 saturated carbocycles. The van der Waals surface area contributed by atoms with Crippen LogP contribution in [0.25, 0.3) is 0 Å². The lowest BCUT2D eigenvalue weighted by Crippen LogP contribution is -2.58. The molecule has 60 heavy (non-hydrogen) atoms. The Kier molecular flexibility index (Phi) is 11.2. The predicted octanol–water partition coefficient (Wildman–Crippen LogP) is 4.91. The second-order valence-electron chi connectivity index (χ2n) is 16.5. The highest BCUT2D eigenvalue weighted by Gasteiger charge is 2.66. The van der Waals surface area contributed by atoms with Gasteiger partial charge in [-0.2, -0.15) is 28.1 Å². The Bertz CT molecular complexity index is 2380. The number of anilines is 3. The molecule has 0 saturated heterocycles. The first-order chi connectivity index (χ1) is 28.1. The van der Waals surface area contributed by atoms with Gasteiger partial charge in [0.15, 0.2) is 6.61 Å². The van der Waals surface area contributed by atoms with E-state index in [1.54, 1.807) is 29.9 Å². The van der Waals surface area contributed by atoms with E-state index in [1.807, 2.05) is 12.1 Å². The summed E-state index contributed by atoms with van der Waals surface area (Å²) in [4.78, 5) is 58.1. The van der Waals surface area contributed by atoms with E-state index in [0.717, 1.165) is 18.4 Å². The highest BCUT2D eigenvalue weighted by atomic mass is 35.5. The number of amides is 3. The number of sulfonamides is 1. The van der Waals surface area contributed by atoms with Crippen molar-refractivity contribution >= 4 is 56.9 Å². The van der Waals surface area contributed by atoms with Crippen molar-refractivity contribution in [3.05, 3.63) is 82.9 Å². The van der Waals surface area contributed by atoms with Crippen LogP contribution in [0.3, 0.4) is 0 Å². The van der Waals surface area contributed by atoms with Gasteiger partial charge < -0.3 is 30.6 Å². The van der Waals surface area contributed by atoms with E-state index in [2.05, 4.69) is 45.9 Å². The molecule has 3 aliphatic carbocycles. The summed E-state index contributed by atoms with van der Waals surface area (Å²) in [5, 5.41) is 12.2. The van der Waals surface area contributed by atoms with Crippen molar-refractivity contribution in [1.29, 1.82) is 0 Å². The molecule has 3 atom stereocenters. The fraction of sp³-hybridized carbons (Fsp3) is 0.462. The summed E-state index contributed by atoms with van der Waals surface area (Å²) in [6, 6.07) is 11.3. The van der Waals surface area contributed by atoms with Gasteiger partial charge in [-0.15, -0.1) is 0 Å². The number of alkyl halides is 3. The second-order valence-corrected chi connectivity index (χ2v) is 19.4. The number of carbonyl (C=O) groups excluding carboxylic acids is 3. The van der Waals surface area contributed by atoms with Crippen molar-refractivity contribution in [2.24, 2.45) is 18.9 Å². The van der Waals surface area contributed by atoms with Crippen LogP contribution in [0.1, 0.15) is 74.5 Å². The standard InChI is InChI=1S/C39H44ClF3N10O6S/c1-36(2,3)60(57,58)52-32(56)38(18-28(38)22-5-6-22)50-31(55)29(17-27-19-53(4)21-44-27)46-30(54)23-7-13-26(14-8-23)45-33-47-34(49-35(48-33)59-20-39(41,42)43)51-37(15-16-37)24-9-11-25(40)12-10-24/h7-14,19,21-22,28-29H,5-6,15-18,20H2,1-4H3,(H,46,54)(H,50,55)(H,52,56)(H2,45,47,48,49,51)/t28-,29-,38+/m0/s1. The first-order valence-corrected chi connectivity index (χ1v) is 21.0. The van der Waals surface area contributed by atoms with Crippen LogP contribution in [0.2, 0.25) is 5.02 Å². The SMILES string of the molecule is Cn1cnc(C[C@H](NC(=O)c2ccc(Nc3nc(NC4(c5ccc(Cl)cc5)CC4)nc(OCC(F)(F)F)n3)cc2)C(=O)N[C@]2(C(=O)NS(=O)(=O)C(C)(C)C)C[C@H]2C2CC2)c1. The van der Waals surface area contributed by atoms with Gasteiger partial charge in [-0.25, -0.2) is 13.4 Å². The molecule has 0 unspecified atom stereocenters. The molecule has 7 rings (SSSR count). The first-order valence-electron chi connectivity index (χ1n) is 19.2. The number of halogens is 4. The molecule has 2 aromatic heterocycles. The third-order valence-corrected chi connectivity index (χ3v) is 13.0. The van der Waals surface area contributed by atoms with Crippen LogP contribution >= 0.6 is 11.6 Å². The molecule has 2 aromatic carbocycles. The Morgan fingerprint density at radius 1 is 0.983 bits per heavy atom. The van der Waals surface area contributed by atoms with Crippen LogP contribution in [0.15, 0.2) is 61.1 Å². The number of ether oxygens (including phenoxy) is 1. The fourth-order valence-electron chi connectivity index (χ4n) is 6.83. The summed E-state index contributed by atoms with van der Waals surface area (Å²) in [7, 11) is -2.34. The van der Waals surface area contributed by atoms with Crippen molar-refractivity contribution in [2.45, 2.75) is 87.3 Å². The summed E-state index contributed by atoms with van der Waals surface area (Å²) in [6.45, 7) is 2.75. The molecular weight excluding hydrogens is 829 g/mol. The minimum Gasteiger partial charge on any atom is -0.454 e. The quantitative estimate of drug-likeness (QED) is 0.102. The lowest BCUT2D eigenvalue weighted by Gasteiger charge is -2.26. The number of rotatable bonds is 16. The summed E-state index contributed by atoms with van der Waals surface area (Å²) in [6.07, 6.45) is 1.89. The van der Waals surface area contributed by atoms with E-state index < -0.39 is 68.4 Å². The van der Waals surface area contributed by atoms with E-state index in [9.17, 15) is 36.0 Å². The van der Waals surface area contributed by atoms with Gasteiger partial charge in [0.05, 0.1) is 22.3 Å². The molecule has 3 aliphatic rings. The number of aromatic nitrogens is 5. The molecule has 0 radical (unpaired) electrons. The molecule has 0 aliphatic heterocycles. The van der Waals surface area contributed by atoms with Gasteiger partial charge in [0.25, 0.3) is 11.8 Å². The molecular formula is C39H44ClF3N10O6S. The molecule has 2 heterocycles. The van der Waals surface area contributed by atoms with Crippen LogP contribution in [0.5, 0.6) is 6.01 Å². The van der Waals surface area contributed by atoms with Crippen LogP contribution < -0.4 is 30.7 Å². The zero-order valence-electron chi connectivity index (χ0n) is 33.1. The average Bonchev–Trinajstić information content (AvgIpc) is 4.09. The molecule has 0 bridgehead atoms. The number of nitrogens with zero attached hydrogens (tertiary/aromatic N) is 5. The molecule has 3 amide bonds. The van der Waals surface area contributed by atoms with Gasteiger partial charge in [0.1, 0.15) is 11.6 Å². The first kappa shape index (κ1) is 42.6. The molecule has 3 fully saturated rings. The van der Waals surface area contributed by atoms with Crippen LogP contribution in [-0.4, -0.2) is 79.8 Å². The van der Waals surface area contributed by atoms with Crippen molar-refractivity contribution in [1.82, 2.24) is 39.9 Å². The average molecular weight is 873 g/mol. The normalized spacial score (nSPS) is 20.0. The Morgan fingerprint density at radius 2 is 1.65 bits per heavy atom. The van der Waals surface area contributed by atoms with Gasteiger partial charge in [-0.1, -0.05) is 23.7 Å². The lowest BCUT2D eigenvalue weighted by molar-refractivity contribution is -0.154. The Morgan fingerprint density at radius 3 is 2.23 bits per heavy atom. The number of hydrogen-bond donors (Lipinski definition) is 5. The van der Waals surface area contributed by atoms with E-state index in [4.69, 9.17) is 16.3 Å². The summed E-state index contributed by atoms with van der Waals surface area (Å²) >= 11 is 6.06.